The van der Waals surface area contributed by atoms with Gasteiger partial charge in [0.05, 0.1) is 10.9 Å². The second-order valence-electron chi connectivity index (χ2n) is 6.90. The Morgan fingerprint density at radius 1 is 0.929 bits per heavy atom. The molecule has 28 heavy (non-hydrogen) atoms. The number of carbonyl (C=O) groups excluding carboxylic acids is 2. The predicted octanol–water partition coefficient (Wildman–Crippen LogP) is 4.26. The number of nitrogens with one attached hydrogen (secondary N) is 1. The lowest BCUT2D eigenvalue weighted by molar-refractivity contribution is -0.125. The summed E-state index contributed by atoms with van der Waals surface area (Å²) in [6, 6.07) is 22.9. The minimum atomic E-state index is -0.426. The van der Waals surface area contributed by atoms with Gasteiger partial charge in [0.15, 0.2) is 0 Å². The summed E-state index contributed by atoms with van der Waals surface area (Å²) in [7, 11) is 0. The first kappa shape index (κ1) is 18.4. The Bertz CT molecular complexity index is 886. The first-order valence-electron chi connectivity index (χ1n) is 9.49. The van der Waals surface area contributed by atoms with Crippen LogP contribution in [0.15, 0.2) is 78.2 Å². The number of amides is 2. The molecule has 5 heteroatoms. The zero-order chi connectivity index (χ0) is 19.3. The van der Waals surface area contributed by atoms with Crippen molar-refractivity contribution in [2.45, 2.75) is 24.9 Å². The topological polar surface area (TPSA) is 49.4 Å². The van der Waals surface area contributed by atoms with Crippen molar-refractivity contribution in [2.24, 2.45) is 0 Å². The van der Waals surface area contributed by atoms with Gasteiger partial charge in [-0.3, -0.25) is 9.59 Å². The minimum Gasteiger partial charge on any atom is -0.343 e. The first-order chi connectivity index (χ1) is 13.7. The van der Waals surface area contributed by atoms with Gasteiger partial charge in [0.2, 0.25) is 5.91 Å². The van der Waals surface area contributed by atoms with E-state index < -0.39 is 6.04 Å². The third-order valence-corrected chi connectivity index (χ3v) is 5.96. The number of nitrogens with zero attached hydrogens (tertiary/aromatic N) is 1. The Labute approximate surface area is 168 Å². The van der Waals surface area contributed by atoms with E-state index in [1.54, 1.807) is 4.90 Å². The highest BCUT2D eigenvalue weighted by atomic mass is 32.1. The fourth-order valence-electron chi connectivity index (χ4n) is 3.71. The molecule has 1 aromatic heterocycles. The van der Waals surface area contributed by atoms with Crippen LogP contribution in [-0.2, 0) is 4.79 Å². The Hall–Kier alpha value is -2.92. The van der Waals surface area contributed by atoms with Crippen LogP contribution in [0.3, 0.4) is 0 Å². The van der Waals surface area contributed by atoms with Crippen LogP contribution in [0.1, 0.15) is 39.7 Å². The van der Waals surface area contributed by atoms with E-state index in [9.17, 15) is 9.59 Å². The van der Waals surface area contributed by atoms with Crippen LogP contribution in [0.4, 0.5) is 0 Å². The Kier molecular flexibility index (Phi) is 5.53. The van der Waals surface area contributed by atoms with Gasteiger partial charge >= 0.3 is 0 Å². The average molecular weight is 391 g/mol. The molecule has 0 aliphatic carbocycles. The van der Waals surface area contributed by atoms with E-state index in [1.165, 1.54) is 11.3 Å². The second-order valence-corrected chi connectivity index (χ2v) is 7.84. The molecule has 0 spiro atoms. The lowest BCUT2D eigenvalue weighted by Crippen LogP contribution is -2.46. The van der Waals surface area contributed by atoms with Crippen molar-refractivity contribution >= 4 is 23.2 Å². The maximum Gasteiger partial charge on any atom is 0.264 e. The molecule has 1 aliphatic heterocycles. The average Bonchev–Trinajstić information content (AvgIpc) is 3.45. The molecule has 2 aromatic carbocycles. The third-order valence-electron chi connectivity index (χ3n) is 5.10. The second kappa shape index (κ2) is 8.40. The number of hydrogen-bond acceptors (Lipinski definition) is 3. The van der Waals surface area contributed by atoms with E-state index in [0.29, 0.717) is 17.8 Å². The van der Waals surface area contributed by atoms with E-state index in [2.05, 4.69) is 5.32 Å². The molecule has 0 bridgehead atoms. The normalized spacial score (nSPS) is 16.3. The van der Waals surface area contributed by atoms with E-state index >= 15 is 0 Å². The van der Waals surface area contributed by atoms with E-state index in [0.717, 1.165) is 17.5 Å². The van der Waals surface area contributed by atoms with Crippen molar-refractivity contribution in [3.63, 3.8) is 0 Å². The summed E-state index contributed by atoms with van der Waals surface area (Å²) in [5.74, 6) is -0.149. The Balaban J connectivity index is 1.56. The number of rotatable bonds is 5. The lowest BCUT2D eigenvalue weighted by Gasteiger charge is -2.27. The van der Waals surface area contributed by atoms with Crippen molar-refractivity contribution in [3.05, 3.63) is 94.2 Å². The third kappa shape index (κ3) is 3.85. The fourth-order valence-corrected chi connectivity index (χ4v) is 4.39. The molecule has 3 aromatic rings. The van der Waals surface area contributed by atoms with Gasteiger partial charge in [0, 0.05) is 6.54 Å². The summed E-state index contributed by atoms with van der Waals surface area (Å²) in [5, 5.41) is 5.08. The molecule has 142 valence electrons. The predicted molar refractivity (Wildman–Crippen MR) is 111 cm³/mol. The van der Waals surface area contributed by atoms with Crippen LogP contribution in [0, 0.1) is 0 Å². The van der Waals surface area contributed by atoms with E-state index in [1.807, 2.05) is 78.2 Å². The molecule has 0 unspecified atom stereocenters. The number of benzene rings is 2. The maximum absolute atomic E-state index is 13.2. The Morgan fingerprint density at radius 2 is 1.57 bits per heavy atom. The van der Waals surface area contributed by atoms with Crippen molar-refractivity contribution in [3.8, 4) is 0 Å². The number of hydrogen-bond donors (Lipinski definition) is 1. The summed E-state index contributed by atoms with van der Waals surface area (Å²) >= 11 is 1.42. The molecule has 1 fully saturated rings. The SMILES string of the molecule is O=C(NC(c1ccccc1)c1ccccc1)[C@@H]1CCCN1C(=O)c1cccs1. The van der Waals surface area contributed by atoms with Gasteiger partial charge in [0.1, 0.15) is 6.04 Å². The van der Waals surface area contributed by atoms with E-state index in [-0.39, 0.29) is 17.9 Å². The zero-order valence-corrected chi connectivity index (χ0v) is 16.3. The highest BCUT2D eigenvalue weighted by Crippen LogP contribution is 2.26. The van der Waals surface area contributed by atoms with Crippen molar-refractivity contribution in [1.29, 1.82) is 0 Å². The smallest absolute Gasteiger partial charge is 0.264 e. The summed E-state index contributed by atoms with van der Waals surface area (Å²) in [4.78, 5) is 28.4. The number of likely N-dealkylation sites (tertiary alicyclic amines) is 1. The molecule has 4 nitrogen and oxygen atoms in total. The van der Waals surface area contributed by atoms with Crippen LogP contribution in [0.5, 0.6) is 0 Å². The number of carbonyl (C=O) groups is 2. The van der Waals surface area contributed by atoms with Crippen LogP contribution in [0.2, 0.25) is 0 Å². The van der Waals surface area contributed by atoms with Gasteiger partial charge in [-0.2, -0.15) is 0 Å². The van der Waals surface area contributed by atoms with E-state index in [4.69, 9.17) is 0 Å². The van der Waals surface area contributed by atoms with Crippen molar-refractivity contribution < 1.29 is 9.59 Å². The minimum absolute atomic E-state index is 0.0522. The van der Waals surface area contributed by atoms with Crippen LogP contribution < -0.4 is 5.32 Å². The summed E-state index contributed by atoms with van der Waals surface area (Å²) < 4.78 is 0. The summed E-state index contributed by atoms with van der Waals surface area (Å²) in [6.07, 6.45) is 1.54. The first-order valence-corrected chi connectivity index (χ1v) is 10.4. The largest absolute Gasteiger partial charge is 0.343 e. The van der Waals surface area contributed by atoms with Crippen molar-refractivity contribution in [1.82, 2.24) is 10.2 Å². The molecule has 1 saturated heterocycles. The highest BCUT2D eigenvalue weighted by Gasteiger charge is 2.35. The van der Waals surface area contributed by atoms with Crippen LogP contribution >= 0.6 is 11.3 Å². The molecule has 0 radical (unpaired) electrons. The monoisotopic (exact) mass is 390 g/mol. The van der Waals surface area contributed by atoms with Crippen LogP contribution in [0.25, 0.3) is 0 Å². The number of thiophene rings is 1. The van der Waals surface area contributed by atoms with Gasteiger partial charge in [0.25, 0.3) is 5.91 Å². The highest BCUT2D eigenvalue weighted by molar-refractivity contribution is 7.12. The van der Waals surface area contributed by atoms with Gasteiger partial charge in [-0.15, -0.1) is 11.3 Å². The molecular weight excluding hydrogens is 368 g/mol. The lowest BCUT2D eigenvalue weighted by atomic mass is 9.98. The molecule has 2 amide bonds. The molecule has 0 saturated carbocycles. The molecule has 4 rings (SSSR count). The van der Waals surface area contributed by atoms with Crippen LogP contribution in [-0.4, -0.2) is 29.3 Å². The molecule has 2 heterocycles. The Morgan fingerprint density at radius 3 is 2.14 bits per heavy atom. The quantitative estimate of drug-likeness (QED) is 0.708. The van der Waals surface area contributed by atoms with Crippen molar-refractivity contribution in [2.75, 3.05) is 6.54 Å². The fraction of sp³-hybridized carbons (Fsp3) is 0.217. The van der Waals surface area contributed by atoms with Gasteiger partial charge in [-0.25, -0.2) is 0 Å². The molecule has 1 atom stereocenters. The van der Waals surface area contributed by atoms with Gasteiger partial charge in [-0.05, 0) is 35.4 Å². The zero-order valence-electron chi connectivity index (χ0n) is 15.5. The summed E-state index contributed by atoms with van der Waals surface area (Å²) in [5.41, 5.74) is 2.05. The molecule has 1 N–H and O–H groups in total. The van der Waals surface area contributed by atoms with Gasteiger partial charge < -0.3 is 10.2 Å². The molecular formula is C23H22N2O2S. The van der Waals surface area contributed by atoms with Gasteiger partial charge in [-0.1, -0.05) is 66.7 Å². The molecule has 1 aliphatic rings. The summed E-state index contributed by atoms with van der Waals surface area (Å²) in [6.45, 7) is 0.621. The standard InChI is InChI=1S/C23H22N2O2S/c26-22(19-13-7-15-25(19)23(27)20-14-8-16-28-20)24-21(17-9-3-1-4-10-17)18-11-5-2-6-12-18/h1-6,8-12,14,16,19,21H,7,13,15H2,(H,24,26)/t19-/m0/s1. The maximum atomic E-state index is 13.2.